The molecule has 0 spiro atoms. The number of amides is 1. The number of carbonyl (C=O) groups is 1. The first kappa shape index (κ1) is 15.4. The van der Waals surface area contributed by atoms with Crippen LogP contribution in [0.4, 0.5) is 10.5 Å². The SMILES string of the molecule is COc1ccc(NC(=O)OC2CCCCN2N)cc1OC. The molecule has 0 aromatic heterocycles. The first-order valence-corrected chi connectivity index (χ1v) is 6.85. The summed E-state index contributed by atoms with van der Waals surface area (Å²) >= 11 is 0. The van der Waals surface area contributed by atoms with Crippen LogP contribution in [-0.4, -0.2) is 38.1 Å². The number of anilines is 1. The van der Waals surface area contributed by atoms with Crippen molar-refractivity contribution in [1.82, 2.24) is 5.01 Å². The fourth-order valence-electron chi connectivity index (χ4n) is 2.23. The van der Waals surface area contributed by atoms with Gasteiger partial charge in [0.2, 0.25) is 0 Å². The molecule has 7 nitrogen and oxygen atoms in total. The molecule has 1 atom stereocenters. The van der Waals surface area contributed by atoms with Crippen LogP contribution in [0.3, 0.4) is 0 Å². The monoisotopic (exact) mass is 295 g/mol. The average Bonchev–Trinajstić information content (AvgIpc) is 2.49. The maximum atomic E-state index is 11.9. The normalized spacial score (nSPS) is 18.9. The van der Waals surface area contributed by atoms with Gasteiger partial charge in [-0.2, -0.15) is 0 Å². The molecular formula is C14H21N3O4. The van der Waals surface area contributed by atoms with Crippen LogP contribution < -0.4 is 20.6 Å². The summed E-state index contributed by atoms with van der Waals surface area (Å²) in [5, 5.41) is 4.21. The Morgan fingerprint density at radius 1 is 1.29 bits per heavy atom. The van der Waals surface area contributed by atoms with Crippen LogP contribution in [-0.2, 0) is 4.74 Å². The molecule has 3 N–H and O–H groups in total. The molecule has 2 rings (SSSR count). The van der Waals surface area contributed by atoms with Crippen molar-refractivity contribution in [2.24, 2.45) is 5.84 Å². The van der Waals surface area contributed by atoms with Gasteiger partial charge in [0.15, 0.2) is 17.7 Å². The smallest absolute Gasteiger partial charge is 0.413 e. The Bertz CT molecular complexity index is 495. The molecular weight excluding hydrogens is 274 g/mol. The van der Waals surface area contributed by atoms with E-state index in [4.69, 9.17) is 20.1 Å². The van der Waals surface area contributed by atoms with Crippen molar-refractivity contribution >= 4 is 11.8 Å². The topological polar surface area (TPSA) is 86.1 Å². The van der Waals surface area contributed by atoms with Gasteiger partial charge in [0.1, 0.15) is 0 Å². The second-order valence-electron chi connectivity index (χ2n) is 4.79. The lowest BCUT2D eigenvalue weighted by molar-refractivity contribution is -0.0321. The number of nitrogens with zero attached hydrogens (tertiary/aromatic N) is 1. The summed E-state index contributed by atoms with van der Waals surface area (Å²) in [6.45, 7) is 0.730. The van der Waals surface area contributed by atoms with Crippen LogP contribution >= 0.6 is 0 Å². The standard InChI is InChI=1S/C14H21N3O4/c1-19-11-7-6-10(9-12(11)20-2)16-14(18)21-13-5-3-4-8-17(13)15/h6-7,9,13H,3-5,8,15H2,1-2H3,(H,16,18). The van der Waals surface area contributed by atoms with Crippen molar-refractivity contribution in [3.63, 3.8) is 0 Å². The van der Waals surface area contributed by atoms with Crippen LogP contribution in [0.5, 0.6) is 11.5 Å². The zero-order chi connectivity index (χ0) is 15.2. The van der Waals surface area contributed by atoms with Crippen molar-refractivity contribution in [1.29, 1.82) is 0 Å². The molecule has 1 unspecified atom stereocenters. The summed E-state index contributed by atoms with van der Waals surface area (Å²) in [5.74, 6) is 6.93. The Morgan fingerprint density at radius 2 is 2.05 bits per heavy atom. The van der Waals surface area contributed by atoms with E-state index in [1.807, 2.05) is 0 Å². The fraction of sp³-hybridized carbons (Fsp3) is 0.500. The number of hydrogen-bond donors (Lipinski definition) is 2. The molecule has 0 bridgehead atoms. The highest BCUT2D eigenvalue weighted by atomic mass is 16.6. The maximum Gasteiger partial charge on any atom is 0.413 e. The molecule has 0 radical (unpaired) electrons. The summed E-state index contributed by atoms with van der Waals surface area (Å²) in [6, 6.07) is 5.09. The number of ether oxygens (including phenoxy) is 3. The minimum atomic E-state index is -0.537. The fourth-order valence-corrected chi connectivity index (χ4v) is 2.23. The zero-order valence-electron chi connectivity index (χ0n) is 12.3. The van der Waals surface area contributed by atoms with Gasteiger partial charge in [-0.25, -0.2) is 9.80 Å². The highest BCUT2D eigenvalue weighted by Crippen LogP contribution is 2.29. The van der Waals surface area contributed by atoms with Crippen molar-refractivity contribution in [3.8, 4) is 11.5 Å². The van der Waals surface area contributed by atoms with Gasteiger partial charge in [-0.15, -0.1) is 0 Å². The Hall–Kier alpha value is -1.99. The molecule has 0 aliphatic carbocycles. The zero-order valence-corrected chi connectivity index (χ0v) is 12.3. The summed E-state index contributed by atoms with van der Waals surface area (Å²) in [7, 11) is 3.09. The van der Waals surface area contributed by atoms with Gasteiger partial charge in [0.25, 0.3) is 0 Å². The summed E-state index contributed by atoms with van der Waals surface area (Å²) in [5.41, 5.74) is 0.567. The molecule has 116 valence electrons. The lowest BCUT2D eigenvalue weighted by Gasteiger charge is -2.30. The Balaban J connectivity index is 1.96. The number of carbonyl (C=O) groups excluding carboxylic acids is 1. The maximum absolute atomic E-state index is 11.9. The van der Waals surface area contributed by atoms with E-state index in [9.17, 15) is 4.79 Å². The van der Waals surface area contributed by atoms with Gasteiger partial charge in [-0.3, -0.25) is 11.2 Å². The second-order valence-corrected chi connectivity index (χ2v) is 4.79. The quantitative estimate of drug-likeness (QED) is 0.826. The highest BCUT2D eigenvalue weighted by Gasteiger charge is 2.23. The summed E-state index contributed by atoms with van der Waals surface area (Å²) in [4.78, 5) is 11.9. The molecule has 1 aromatic rings. The van der Waals surface area contributed by atoms with E-state index in [2.05, 4.69) is 5.32 Å². The summed E-state index contributed by atoms with van der Waals surface area (Å²) < 4.78 is 15.6. The Morgan fingerprint density at radius 3 is 2.71 bits per heavy atom. The molecule has 1 heterocycles. The molecule has 1 aliphatic rings. The predicted octanol–water partition coefficient (Wildman–Crippen LogP) is 1.94. The number of nitrogens with two attached hydrogens (primary N) is 1. The van der Waals surface area contributed by atoms with Gasteiger partial charge < -0.3 is 14.2 Å². The highest BCUT2D eigenvalue weighted by molar-refractivity contribution is 5.85. The molecule has 0 saturated carbocycles. The summed E-state index contributed by atoms with van der Waals surface area (Å²) in [6.07, 6.45) is 1.86. The number of hydrazine groups is 1. The van der Waals surface area contributed by atoms with Gasteiger partial charge >= 0.3 is 6.09 Å². The first-order chi connectivity index (χ1) is 10.1. The van der Waals surface area contributed by atoms with Crippen LogP contribution in [0.1, 0.15) is 19.3 Å². The van der Waals surface area contributed by atoms with Gasteiger partial charge in [-0.1, -0.05) is 0 Å². The minimum Gasteiger partial charge on any atom is -0.493 e. The minimum absolute atomic E-state index is 0.376. The van der Waals surface area contributed by atoms with Gasteiger partial charge in [0, 0.05) is 18.3 Å². The van der Waals surface area contributed by atoms with E-state index in [0.29, 0.717) is 17.2 Å². The van der Waals surface area contributed by atoms with Crippen LogP contribution in [0.2, 0.25) is 0 Å². The first-order valence-electron chi connectivity index (χ1n) is 6.85. The second kappa shape index (κ2) is 7.14. The Kier molecular flexibility index (Phi) is 5.24. The molecule has 1 fully saturated rings. The Labute approximate surface area is 123 Å². The lowest BCUT2D eigenvalue weighted by atomic mass is 10.1. The van der Waals surface area contributed by atoms with Crippen LogP contribution in [0.15, 0.2) is 18.2 Å². The number of nitrogens with one attached hydrogen (secondary N) is 1. The van der Waals surface area contributed by atoms with Crippen LogP contribution in [0, 0.1) is 0 Å². The average molecular weight is 295 g/mol. The molecule has 1 aliphatic heterocycles. The van der Waals surface area contributed by atoms with Crippen molar-refractivity contribution < 1.29 is 19.0 Å². The van der Waals surface area contributed by atoms with Crippen molar-refractivity contribution in [2.75, 3.05) is 26.1 Å². The number of hydrogen-bond acceptors (Lipinski definition) is 6. The largest absolute Gasteiger partial charge is 0.493 e. The molecule has 21 heavy (non-hydrogen) atoms. The predicted molar refractivity (Wildman–Crippen MR) is 78.2 cm³/mol. The molecule has 1 amide bonds. The molecule has 1 aromatic carbocycles. The lowest BCUT2D eigenvalue weighted by Crippen LogP contribution is -2.47. The van der Waals surface area contributed by atoms with E-state index in [1.54, 1.807) is 30.3 Å². The third-order valence-corrected chi connectivity index (χ3v) is 3.36. The van der Waals surface area contributed by atoms with Crippen LogP contribution in [0.25, 0.3) is 0 Å². The van der Waals surface area contributed by atoms with E-state index in [1.165, 1.54) is 7.11 Å². The van der Waals surface area contributed by atoms with E-state index in [0.717, 1.165) is 25.8 Å². The third-order valence-electron chi connectivity index (χ3n) is 3.36. The number of methoxy groups -OCH3 is 2. The van der Waals surface area contributed by atoms with Gasteiger partial charge in [0.05, 0.1) is 14.2 Å². The number of benzene rings is 1. The van der Waals surface area contributed by atoms with E-state index in [-0.39, 0.29) is 6.23 Å². The molecule has 7 heteroatoms. The molecule has 1 saturated heterocycles. The number of rotatable bonds is 4. The van der Waals surface area contributed by atoms with Crippen molar-refractivity contribution in [2.45, 2.75) is 25.5 Å². The third kappa shape index (κ3) is 3.99. The van der Waals surface area contributed by atoms with E-state index < -0.39 is 6.09 Å². The van der Waals surface area contributed by atoms with Gasteiger partial charge in [-0.05, 0) is 31.4 Å². The number of piperidine rings is 1. The van der Waals surface area contributed by atoms with Crippen molar-refractivity contribution in [3.05, 3.63) is 18.2 Å². The van der Waals surface area contributed by atoms with E-state index >= 15 is 0 Å².